The van der Waals surface area contributed by atoms with E-state index in [1.54, 1.807) is 24.3 Å². The van der Waals surface area contributed by atoms with E-state index in [1.165, 1.54) is 0 Å². The van der Waals surface area contributed by atoms with Gasteiger partial charge >= 0.3 is 16.4 Å². The van der Waals surface area contributed by atoms with Gasteiger partial charge in [-0.1, -0.05) is 24.3 Å². The Kier molecular flexibility index (Phi) is 2.90. The van der Waals surface area contributed by atoms with Crippen molar-refractivity contribution < 1.29 is 26.8 Å². The lowest BCUT2D eigenvalue weighted by atomic mass is 9.91. The monoisotopic (exact) mass is 313 g/mol. The third kappa shape index (κ3) is 2.13. The molecule has 3 rings (SSSR count). The van der Waals surface area contributed by atoms with Crippen LogP contribution in [-0.2, 0) is 19.5 Å². The zero-order valence-electron chi connectivity index (χ0n) is 10.5. The Bertz CT molecular complexity index is 733. The second-order valence-corrected chi connectivity index (χ2v) is 5.72. The first-order chi connectivity index (χ1) is 9.79. The molecule has 2 atom stereocenters. The van der Waals surface area contributed by atoms with Crippen molar-refractivity contribution in [3.05, 3.63) is 35.4 Å². The molecule has 1 aromatic rings. The second kappa shape index (κ2) is 4.41. The van der Waals surface area contributed by atoms with Crippen LogP contribution in [0.1, 0.15) is 23.2 Å². The van der Waals surface area contributed by atoms with Crippen molar-refractivity contribution in [2.75, 3.05) is 6.54 Å². The highest BCUT2D eigenvalue weighted by Gasteiger charge is 2.51. The Balaban J connectivity index is 2.11. The third-order valence-electron chi connectivity index (χ3n) is 3.49. The Labute approximate surface area is 119 Å². The van der Waals surface area contributed by atoms with E-state index < -0.39 is 34.4 Å². The predicted octanol–water partition coefficient (Wildman–Crippen LogP) is -0.260. The number of hydroxylamine groups is 2. The number of nitrogens with zero attached hydrogens (tertiary/aromatic N) is 2. The summed E-state index contributed by atoms with van der Waals surface area (Å²) in [5.41, 5.74) is 6.40. The number of nitrogens with two attached hydrogens (primary N) is 1. The van der Waals surface area contributed by atoms with Crippen LogP contribution in [-0.4, -0.2) is 41.4 Å². The molecule has 3 N–H and O–H groups in total. The number of benzene rings is 1. The van der Waals surface area contributed by atoms with Crippen molar-refractivity contribution in [2.24, 2.45) is 5.73 Å². The number of amides is 3. The third-order valence-corrected chi connectivity index (χ3v) is 3.84. The van der Waals surface area contributed by atoms with Crippen molar-refractivity contribution in [1.82, 2.24) is 9.96 Å². The van der Waals surface area contributed by atoms with Gasteiger partial charge in [-0.05, 0) is 11.1 Å². The van der Waals surface area contributed by atoms with Crippen LogP contribution >= 0.6 is 0 Å². The van der Waals surface area contributed by atoms with Gasteiger partial charge in [0.05, 0.1) is 6.54 Å². The summed E-state index contributed by atoms with van der Waals surface area (Å²) >= 11 is 0. The molecule has 112 valence electrons. The average molecular weight is 313 g/mol. The molecule has 21 heavy (non-hydrogen) atoms. The van der Waals surface area contributed by atoms with Gasteiger partial charge in [0.1, 0.15) is 12.1 Å². The van der Waals surface area contributed by atoms with E-state index in [1.807, 2.05) is 0 Å². The summed E-state index contributed by atoms with van der Waals surface area (Å²) in [6, 6.07) is 4.05. The maximum absolute atomic E-state index is 12.2. The first kappa shape index (κ1) is 13.8. The van der Waals surface area contributed by atoms with Gasteiger partial charge in [-0.25, -0.2) is 4.79 Å². The van der Waals surface area contributed by atoms with Crippen LogP contribution in [0.25, 0.3) is 0 Å². The van der Waals surface area contributed by atoms with Crippen molar-refractivity contribution in [3.63, 3.8) is 0 Å². The Morgan fingerprint density at radius 2 is 1.95 bits per heavy atom. The minimum absolute atomic E-state index is 0.0406. The van der Waals surface area contributed by atoms with E-state index in [0.717, 1.165) is 4.90 Å². The predicted molar refractivity (Wildman–Crippen MR) is 67.7 cm³/mol. The van der Waals surface area contributed by atoms with Gasteiger partial charge in [0.25, 0.3) is 0 Å². The van der Waals surface area contributed by atoms with Crippen molar-refractivity contribution >= 4 is 22.3 Å². The quantitative estimate of drug-likeness (QED) is 0.739. The Morgan fingerprint density at radius 3 is 2.52 bits per heavy atom. The minimum Gasteiger partial charge on any atom is -0.368 e. The van der Waals surface area contributed by atoms with Crippen molar-refractivity contribution in [1.29, 1.82) is 0 Å². The lowest BCUT2D eigenvalue weighted by Crippen LogP contribution is -2.41. The summed E-state index contributed by atoms with van der Waals surface area (Å²) < 4.78 is 34.9. The number of carbonyl (C=O) groups excluding carboxylic acids is 2. The molecule has 0 saturated carbocycles. The molecule has 2 heterocycles. The topological polar surface area (TPSA) is 130 Å². The molecule has 2 aliphatic heterocycles. The van der Waals surface area contributed by atoms with E-state index >= 15 is 0 Å². The zero-order valence-corrected chi connectivity index (χ0v) is 11.4. The highest BCUT2D eigenvalue weighted by atomic mass is 32.3. The number of primary amides is 1. The van der Waals surface area contributed by atoms with Gasteiger partial charge < -0.3 is 10.6 Å². The fourth-order valence-corrected chi connectivity index (χ4v) is 3.13. The summed E-state index contributed by atoms with van der Waals surface area (Å²) in [5.74, 6) is -0.733. The summed E-state index contributed by atoms with van der Waals surface area (Å²) in [4.78, 5) is 24.9. The SMILES string of the molecule is NC(=O)C1c2ccccc2[C@@H]2CN1C(=O)N2OS(=O)(=O)O. The summed E-state index contributed by atoms with van der Waals surface area (Å²) in [5, 5.41) is 0.539. The van der Waals surface area contributed by atoms with Crippen LogP contribution in [0, 0.1) is 0 Å². The molecule has 2 bridgehead atoms. The van der Waals surface area contributed by atoms with Crippen LogP contribution in [0.5, 0.6) is 0 Å². The lowest BCUT2D eigenvalue weighted by Gasteiger charge is -2.30. The second-order valence-electron chi connectivity index (χ2n) is 4.71. The zero-order chi connectivity index (χ0) is 15.4. The number of urea groups is 1. The highest BCUT2D eigenvalue weighted by Crippen LogP contribution is 2.43. The Hall–Kier alpha value is -2.17. The largest absolute Gasteiger partial charge is 0.418 e. The molecular weight excluding hydrogens is 302 g/mol. The van der Waals surface area contributed by atoms with E-state index in [-0.39, 0.29) is 6.54 Å². The number of rotatable bonds is 3. The van der Waals surface area contributed by atoms with Crippen LogP contribution in [0.4, 0.5) is 4.79 Å². The van der Waals surface area contributed by atoms with Gasteiger partial charge in [-0.15, -0.1) is 4.28 Å². The normalized spacial score (nSPS) is 24.1. The number of carbonyl (C=O) groups is 2. The molecule has 1 fully saturated rings. The molecule has 9 nitrogen and oxygen atoms in total. The smallest absolute Gasteiger partial charge is 0.368 e. The van der Waals surface area contributed by atoms with E-state index in [4.69, 9.17) is 10.3 Å². The number of fused-ring (bicyclic) bond motifs is 4. The molecule has 2 aliphatic rings. The van der Waals surface area contributed by atoms with E-state index in [2.05, 4.69) is 4.28 Å². The van der Waals surface area contributed by atoms with Gasteiger partial charge in [0.2, 0.25) is 5.91 Å². The van der Waals surface area contributed by atoms with Gasteiger partial charge in [-0.3, -0.25) is 9.35 Å². The molecule has 1 saturated heterocycles. The van der Waals surface area contributed by atoms with Crippen LogP contribution in [0.2, 0.25) is 0 Å². The van der Waals surface area contributed by atoms with Crippen molar-refractivity contribution in [2.45, 2.75) is 12.1 Å². The lowest BCUT2D eigenvalue weighted by molar-refractivity contribution is -0.122. The summed E-state index contributed by atoms with van der Waals surface area (Å²) in [7, 11) is -4.86. The fourth-order valence-electron chi connectivity index (χ4n) is 2.76. The molecule has 3 amide bonds. The molecule has 1 unspecified atom stereocenters. The van der Waals surface area contributed by atoms with Crippen LogP contribution in [0.15, 0.2) is 24.3 Å². The van der Waals surface area contributed by atoms with E-state index in [9.17, 15) is 18.0 Å². The van der Waals surface area contributed by atoms with Crippen LogP contribution < -0.4 is 5.73 Å². The standard InChI is InChI=1S/C11H11N3O6S/c12-10(15)9-7-4-2-1-3-6(7)8-5-13(9)11(16)14(8)20-21(17,18)19/h1-4,8-9H,5H2,(H2,12,15)(H,17,18,19)/t8-,9?/m0/s1. The molecule has 0 aliphatic carbocycles. The fraction of sp³-hybridized carbons (Fsp3) is 0.273. The Morgan fingerprint density at radius 1 is 1.33 bits per heavy atom. The van der Waals surface area contributed by atoms with Gasteiger partial charge in [0, 0.05) is 0 Å². The molecule has 1 aromatic carbocycles. The number of hydrogen-bond acceptors (Lipinski definition) is 5. The maximum atomic E-state index is 12.2. The molecule has 0 radical (unpaired) electrons. The van der Waals surface area contributed by atoms with E-state index in [0.29, 0.717) is 16.2 Å². The minimum atomic E-state index is -4.86. The van der Waals surface area contributed by atoms with Gasteiger partial charge in [0.15, 0.2) is 0 Å². The molecule has 10 heteroatoms. The molecule has 0 spiro atoms. The highest BCUT2D eigenvalue weighted by molar-refractivity contribution is 7.80. The van der Waals surface area contributed by atoms with Crippen molar-refractivity contribution in [3.8, 4) is 0 Å². The van der Waals surface area contributed by atoms with Gasteiger partial charge in [-0.2, -0.15) is 13.5 Å². The first-order valence-corrected chi connectivity index (χ1v) is 7.31. The average Bonchev–Trinajstić information content (AvgIpc) is 2.64. The summed E-state index contributed by atoms with van der Waals surface area (Å²) in [6.45, 7) is 0.0406. The molecular formula is C11H11N3O6S. The maximum Gasteiger partial charge on any atom is 0.418 e. The summed E-state index contributed by atoms with van der Waals surface area (Å²) in [6.07, 6.45) is 0. The molecule has 0 aromatic heterocycles. The number of hydrogen-bond donors (Lipinski definition) is 2. The first-order valence-electron chi connectivity index (χ1n) is 5.94. The van der Waals surface area contributed by atoms with Crippen LogP contribution in [0.3, 0.4) is 0 Å².